The van der Waals surface area contributed by atoms with E-state index in [0.29, 0.717) is 12.2 Å². The van der Waals surface area contributed by atoms with Crippen molar-refractivity contribution in [1.29, 1.82) is 0 Å². The molecule has 1 saturated heterocycles. The molecule has 0 amide bonds. The van der Waals surface area contributed by atoms with E-state index in [-0.39, 0.29) is 0 Å². The van der Waals surface area contributed by atoms with Gasteiger partial charge in [-0.2, -0.15) is 0 Å². The molecule has 1 fully saturated rings. The van der Waals surface area contributed by atoms with Crippen LogP contribution in [0, 0.1) is 0 Å². The third-order valence-corrected chi connectivity index (χ3v) is 1.75. The summed E-state index contributed by atoms with van der Waals surface area (Å²) < 4.78 is 10.4. The molecule has 2 nitrogen and oxygen atoms in total. The van der Waals surface area contributed by atoms with Gasteiger partial charge in [0.1, 0.15) is 0 Å². The molecule has 0 radical (unpaired) electrons. The third kappa shape index (κ3) is 3.18. The average Bonchev–Trinajstić information content (AvgIpc) is 2.67. The first-order chi connectivity index (χ1) is 4.83. The molecule has 0 saturated carbocycles. The van der Waals surface area contributed by atoms with Crippen molar-refractivity contribution in [3.8, 4) is 0 Å². The molecule has 0 aromatic rings. The molecule has 2 atom stereocenters. The fourth-order valence-corrected chi connectivity index (χ4v) is 1.02. The second-order valence-corrected chi connectivity index (χ2v) is 2.80. The van der Waals surface area contributed by atoms with Gasteiger partial charge in [-0.25, -0.2) is 0 Å². The highest BCUT2D eigenvalue weighted by Gasteiger charge is 2.22. The fraction of sp³-hybridized carbons (Fsp3) is 1.00. The Bertz CT molecular complexity index is 89.3. The maximum atomic E-state index is 5.36. The molecule has 0 aromatic heterocycles. The molecule has 1 rings (SSSR count). The van der Waals surface area contributed by atoms with Gasteiger partial charge in [-0.1, -0.05) is 0 Å². The highest BCUT2D eigenvalue weighted by atomic mass is 16.6. The zero-order valence-corrected chi connectivity index (χ0v) is 6.80. The molecule has 1 aliphatic rings. The van der Waals surface area contributed by atoms with E-state index >= 15 is 0 Å². The van der Waals surface area contributed by atoms with Crippen LogP contribution in [0.4, 0.5) is 0 Å². The largest absolute Gasteiger partial charge is 0.379 e. The van der Waals surface area contributed by atoms with E-state index in [1.807, 2.05) is 6.92 Å². The van der Waals surface area contributed by atoms with Crippen molar-refractivity contribution < 1.29 is 9.47 Å². The third-order valence-electron chi connectivity index (χ3n) is 1.75. The predicted molar refractivity (Wildman–Crippen MR) is 40.1 cm³/mol. The van der Waals surface area contributed by atoms with Crippen molar-refractivity contribution >= 4 is 0 Å². The Morgan fingerprint density at radius 2 is 2.40 bits per heavy atom. The monoisotopic (exact) mass is 144 g/mol. The van der Waals surface area contributed by atoms with Crippen LogP contribution >= 0.6 is 0 Å². The molecule has 0 N–H and O–H groups in total. The summed E-state index contributed by atoms with van der Waals surface area (Å²) in [6.07, 6.45) is 3.27. The van der Waals surface area contributed by atoms with Gasteiger partial charge >= 0.3 is 0 Å². The second kappa shape index (κ2) is 3.94. The number of hydrogen-bond acceptors (Lipinski definition) is 2. The minimum atomic E-state index is 0.411. The van der Waals surface area contributed by atoms with Crippen LogP contribution in [-0.2, 0) is 9.47 Å². The summed E-state index contributed by atoms with van der Waals surface area (Å²) in [6, 6.07) is 0. The summed E-state index contributed by atoms with van der Waals surface area (Å²) in [7, 11) is 0. The lowest BCUT2D eigenvalue weighted by atomic mass is 10.2. The SMILES string of the molecule is CCOC(C)CCC1CO1. The Hall–Kier alpha value is -0.0800. The Kier molecular flexibility index (Phi) is 3.16. The predicted octanol–water partition coefficient (Wildman–Crippen LogP) is 1.59. The lowest BCUT2D eigenvalue weighted by Crippen LogP contribution is -2.08. The number of epoxide rings is 1. The van der Waals surface area contributed by atoms with E-state index in [9.17, 15) is 0 Å². The fourth-order valence-electron chi connectivity index (χ4n) is 1.02. The van der Waals surface area contributed by atoms with E-state index in [1.54, 1.807) is 0 Å². The van der Waals surface area contributed by atoms with Crippen molar-refractivity contribution in [2.45, 2.75) is 38.9 Å². The molecular formula is C8H16O2. The van der Waals surface area contributed by atoms with Gasteiger partial charge in [0.15, 0.2) is 0 Å². The van der Waals surface area contributed by atoms with Crippen LogP contribution in [0.3, 0.4) is 0 Å². The van der Waals surface area contributed by atoms with Crippen molar-refractivity contribution in [2.75, 3.05) is 13.2 Å². The summed E-state index contributed by atoms with van der Waals surface area (Å²) in [5.41, 5.74) is 0. The molecule has 0 aromatic carbocycles. The molecule has 0 bridgehead atoms. The molecule has 60 valence electrons. The van der Waals surface area contributed by atoms with Gasteiger partial charge in [-0.3, -0.25) is 0 Å². The second-order valence-electron chi connectivity index (χ2n) is 2.80. The van der Waals surface area contributed by atoms with Crippen LogP contribution in [0.25, 0.3) is 0 Å². The lowest BCUT2D eigenvalue weighted by molar-refractivity contribution is 0.0672. The highest BCUT2D eigenvalue weighted by molar-refractivity contribution is 4.69. The van der Waals surface area contributed by atoms with Gasteiger partial charge in [0.2, 0.25) is 0 Å². The Morgan fingerprint density at radius 3 is 2.90 bits per heavy atom. The van der Waals surface area contributed by atoms with E-state index in [4.69, 9.17) is 9.47 Å². The van der Waals surface area contributed by atoms with Crippen LogP contribution in [0.2, 0.25) is 0 Å². The van der Waals surface area contributed by atoms with E-state index < -0.39 is 0 Å². The van der Waals surface area contributed by atoms with Gasteiger partial charge in [0.25, 0.3) is 0 Å². The van der Waals surface area contributed by atoms with E-state index in [1.165, 1.54) is 6.42 Å². The molecule has 2 heteroatoms. The summed E-state index contributed by atoms with van der Waals surface area (Å²) in [5.74, 6) is 0. The minimum Gasteiger partial charge on any atom is -0.379 e. The van der Waals surface area contributed by atoms with Crippen molar-refractivity contribution in [3.05, 3.63) is 0 Å². The van der Waals surface area contributed by atoms with Gasteiger partial charge in [-0.15, -0.1) is 0 Å². The van der Waals surface area contributed by atoms with Crippen LogP contribution < -0.4 is 0 Å². The van der Waals surface area contributed by atoms with Crippen LogP contribution in [0.5, 0.6) is 0 Å². The van der Waals surface area contributed by atoms with E-state index in [2.05, 4.69) is 6.92 Å². The quantitative estimate of drug-likeness (QED) is 0.546. The van der Waals surface area contributed by atoms with Gasteiger partial charge < -0.3 is 9.47 Å². The van der Waals surface area contributed by atoms with Gasteiger partial charge in [0.05, 0.1) is 18.8 Å². The molecule has 0 spiro atoms. The van der Waals surface area contributed by atoms with Gasteiger partial charge in [0, 0.05) is 6.61 Å². The van der Waals surface area contributed by atoms with Crippen LogP contribution in [0.1, 0.15) is 26.7 Å². The van der Waals surface area contributed by atoms with Crippen molar-refractivity contribution in [2.24, 2.45) is 0 Å². The Balaban J connectivity index is 1.89. The summed E-state index contributed by atoms with van der Waals surface area (Å²) in [6.45, 7) is 5.95. The molecule has 1 aliphatic heterocycles. The smallest absolute Gasteiger partial charge is 0.0810 e. The standard InChI is InChI=1S/C8H16O2/c1-3-9-7(2)4-5-8-6-10-8/h7-8H,3-6H2,1-2H3. The van der Waals surface area contributed by atoms with Crippen molar-refractivity contribution in [3.63, 3.8) is 0 Å². The summed E-state index contributed by atoms with van der Waals surface area (Å²) in [5, 5.41) is 0. The Morgan fingerprint density at radius 1 is 1.70 bits per heavy atom. The normalized spacial score (nSPS) is 26.4. The van der Waals surface area contributed by atoms with Gasteiger partial charge in [-0.05, 0) is 26.7 Å². The zero-order valence-electron chi connectivity index (χ0n) is 6.80. The molecule has 0 aliphatic carbocycles. The number of ether oxygens (including phenoxy) is 2. The lowest BCUT2D eigenvalue weighted by Gasteiger charge is -2.09. The van der Waals surface area contributed by atoms with Crippen molar-refractivity contribution in [1.82, 2.24) is 0 Å². The summed E-state index contributed by atoms with van der Waals surface area (Å²) >= 11 is 0. The first-order valence-corrected chi connectivity index (χ1v) is 4.06. The molecular weight excluding hydrogens is 128 g/mol. The minimum absolute atomic E-state index is 0.411. The first-order valence-electron chi connectivity index (χ1n) is 4.06. The number of hydrogen-bond donors (Lipinski definition) is 0. The average molecular weight is 144 g/mol. The maximum Gasteiger partial charge on any atom is 0.0810 e. The molecule has 2 unspecified atom stereocenters. The Labute approximate surface area is 62.5 Å². The highest BCUT2D eigenvalue weighted by Crippen LogP contribution is 2.17. The first kappa shape index (κ1) is 8.02. The molecule has 1 heterocycles. The summed E-state index contributed by atoms with van der Waals surface area (Å²) in [4.78, 5) is 0. The molecule has 10 heavy (non-hydrogen) atoms. The van der Waals surface area contributed by atoms with E-state index in [0.717, 1.165) is 19.6 Å². The number of rotatable bonds is 5. The van der Waals surface area contributed by atoms with Crippen LogP contribution in [-0.4, -0.2) is 25.4 Å². The van der Waals surface area contributed by atoms with Crippen LogP contribution in [0.15, 0.2) is 0 Å². The zero-order chi connectivity index (χ0) is 7.40. The maximum absolute atomic E-state index is 5.36. The topological polar surface area (TPSA) is 21.8 Å².